The van der Waals surface area contributed by atoms with Crippen LogP contribution in [0.1, 0.15) is 50.4 Å². The van der Waals surface area contributed by atoms with Crippen LogP contribution in [0.25, 0.3) is 0 Å². The SMILES string of the molecule is CCNC1CCCCC(Cc2cc(C)nn2C)C1. The maximum Gasteiger partial charge on any atom is 0.0596 e. The Morgan fingerprint density at radius 1 is 1.39 bits per heavy atom. The summed E-state index contributed by atoms with van der Waals surface area (Å²) < 4.78 is 2.06. The van der Waals surface area contributed by atoms with Crippen LogP contribution < -0.4 is 5.32 Å². The molecule has 1 fully saturated rings. The minimum absolute atomic E-state index is 0.733. The monoisotopic (exact) mass is 249 g/mol. The van der Waals surface area contributed by atoms with Crippen LogP contribution in [0.5, 0.6) is 0 Å². The average Bonchev–Trinajstić information content (AvgIpc) is 2.52. The molecule has 2 rings (SSSR count). The van der Waals surface area contributed by atoms with Gasteiger partial charge in [-0.1, -0.05) is 26.2 Å². The Kier molecular flexibility index (Phi) is 4.81. The summed E-state index contributed by atoms with van der Waals surface area (Å²) in [5, 5.41) is 8.09. The lowest BCUT2D eigenvalue weighted by Gasteiger charge is -2.20. The van der Waals surface area contributed by atoms with Crippen molar-refractivity contribution in [1.29, 1.82) is 0 Å². The van der Waals surface area contributed by atoms with Crippen LogP contribution in [0.2, 0.25) is 0 Å². The number of hydrogen-bond acceptors (Lipinski definition) is 2. The lowest BCUT2D eigenvalue weighted by molar-refractivity contribution is 0.383. The fraction of sp³-hybridized carbons (Fsp3) is 0.800. The van der Waals surface area contributed by atoms with Crippen molar-refractivity contribution in [3.8, 4) is 0 Å². The first-order valence-electron chi connectivity index (χ1n) is 7.42. The molecule has 1 N–H and O–H groups in total. The summed E-state index contributed by atoms with van der Waals surface area (Å²) >= 11 is 0. The number of nitrogens with one attached hydrogen (secondary N) is 1. The molecule has 0 aliphatic heterocycles. The van der Waals surface area contributed by atoms with Crippen molar-refractivity contribution in [2.24, 2.45) is 13.0 Å². The van der Waals surface area contributed by atoms with E-state index in [1.165, 1.54) is 44.2 Å². The minimum atomic E-state index is 0.733. The molecule has 0 bridgehead atoms. The Bertz CT molecular complexity index is 370. The summed E-state index contributed by atoms with van der Waals surface area (Å²) in [5.74, 6) is 0.825. The highest BCUT2D eigenvalue weighted by molar-refractivity contribution is 5.09. The van der Waals surface area contributed by atoms with Crippen molar-refractivity contribution in [3.05, 3.63) is 17.5 Å². The summed E-state index contributed by atoms with van der Waals surface area (Å²) in [6.45, 7) is 5.39. The van der Waals surface area contributed by atoms with E-state index in [9.17, 15) is 0 Å². The second-order valence-corrected chi connectivity index (χ2v) is 5.75. The second kappa shape index (κ2) is 6.37. The van der Waals surface area contributed by atoms with E-state index in [0.717, 1.165) is 24.2 Å². The standard InChI is InChI=1S/C15H27N3/c1-4-16-14-8-6-5-7-13(10-14)11-15-9-12(2)17-18(15)3/h9,13-14,16H,4-8,10-11H2,1-3H3. The highest BCUT2D eigenvalue weighted by atomic mass is 15.3. The quantitative estimate of drug-likeness (QED) is 0.832. The molecular weight excluding hydrogens is 222 g/mol. The van der Waals surface area contributed by atoms with Crippen LogP contribution in [-0.2, 0) is 13.5 Å². The van der Waals surface area contributed by atoms with Gasteiger partial charge in [-0.2, -0.15) is 5.10 Å². The van der Waals surface area contributed by atoms with E-state index in [2.05, 4.69) is 42.1 Å². The van der Waals surface area contributed by atoms with E-state index in [4.69, 9.17) is 0 Å². The van der Waals surface area contributed by atoms with Crippen LogP contribution >= 0.6 is 0 Å². The Morgan fingerprint density at radius 2 is 2.17 bits per heavy atom. The molecule has 0 aromatic carbocycles. The molecule has 0 saturated heterocycles. The summed E-state index contributed by atoms with van der Waals surface area (Å²) in [5.41, 5.74) is 2.54. The van der Waals surface area contributed by atoms with E-state index in [1.54, 1.807) is 0 Å². The molecule has 1 aliphatic rings. The zero-order chi connectivity index (χ0) is 13.0. The highest BCUT2D eigenvalue weighted by Gasteiger charge is 2.20. The van der Waals surface area contributed by atoms with E-state index in [-0.39, 0.29) is 0 Å². The van der Waals surface area contributed by atoms with E-state index >= 15 is 0 Å². The topological polar surface area (TPSA) is 29.9 Å². The first-order valence-corrected chi connectivity index (χ1v) is 7.42. The molecule has 1 aromatic rings. The van der Waals surface area contributed by atoms with Gasteiger partial charge < -0.3 is 5.32 Å². The molecule has 0 spiro atoms. The van der Waals surface area contributed by atoms with Crippen LogP contribution in [0.15, 0.2) is 6.07 Å². The van der Waals surface area contributed by atoms with Gasteiger partial charge in [0.25, 0.3) is 0 Å². The molecule has 0 amide bonds. The summed E-state index contributed by atoms with van der Waals surface area (Å²) in [4.78, 5) is 0. The predicted octanol–water partition coefficient (Wildman–Crippen LogP) is 2.83. The Hall–Kier alpha value is -0.830. The highest BCUT2D eigenvalue weighted by Crippen LogP contribution is 2.26. The molecule has 0 radical (unpaired) electrons. The first kappa shape index (κ1) is 13.6. The molecule has 1 saturated carbocycles. The van der Waals surface area contributed by atoms with Crippen LogP contribution in [0.4, 0.5) is 0 Å². The third-order valence-corrected chi connectivity index (χ3v) is 4.12. The Morgan fingerprint density at radius 3 is 2.83 bits per heavy atom. The third-order valence-electron chi connectivity index (χ3n) is 4.12. The fourth-order valence-corrected chi connectivity index (χ4v) is 3.27. The van der Waals surface area contributed by atoms with E-state index in [1.807, 2.05) is 0 Å². The van der Waals surface area contributed by atoms with Gasteiger partial charge in [-0.15, -0.1) is 0 Å². The summed E-state index contributed by atoms with van der Waals surface area (Å²) in [6, 6.07) is 2.98. The van der Waals surface area contributed by atoms with Crippen LogP contribution in [0.3, 0.4) is 0 Å². The van der Waals surface area contributed by atoms with Gasteiger partial charge in [-0.05, 0) is 44.7 Å². The van der Waals surface area contributed by atoms with Gasteiger partial charge in [-0.3, -0.25) is 4.68 Å². The Balaban J connectivity index is 1.96. The number of rotatable bonds is 4. The lowest BCUT2D eigenvalue weighted by Crippen LogP contribution is -2.30. The normalized spacial score (nSPS) is 25.1. The molecule has 1 heterocycles. The zero-order valence-corrected chi connectivity index (χ0v) is 12.1. The molecular formula is C15H27N3. The average molecular weight is 249 g/mol. The molecule has 102 valence electrons. The maximum atomic E-state index is 4.46. The van der Waals surface area contributed by atoms with Gasteiger partial charge in [-0.25, -0.2) is 0 Å². The van der Waals surface area contributed by atoms with Crippen molar-refractivity contribution in [3.63, 3.8) is 0 Å². The van der Waals surface area contributed by atoms with Gasteiger partial charge in [0.1, 0.15) is 0 Å². The van der Waals surface area contributed by atoms with Crippen molar-refractivity contribution < 1.29 is 0 Å². The molecule has 2 atom stereocenters. The number of aromatic nitrogens is 2. The molecule has 1 aliphatic carbocycles. The first-order chi connectivity index (χ1) is 8.69. The van der Waals surface area contributed by atoms with Crippen molar-refractivity contribution in [2.75, 3.05) is 6.54 Å². The van der Waals surface area contributed by atoms with Crippen LogP contribution in [-0.4, -0.2) is 22.4 Å². The van der Waals surface area contributed by atoms with Gasteiger partial charge in [0.15, 0.2) is 0 Å². The molecule has 3 nitrogen and oxygen atoms in total. The maximum absolute atomic E-state index is 4.46. The molecule has 2 unspecified atom stereocenters. The van der Waals surface area contributed by atoms with Crippen molar-refractivity contribution in [2.45, 2.75) is 58.4 Å². The molecule has 18 heavy (non-hydrogen) atoms. The second-order valence-electron chi connectivity index (χ2n) is 5.75. The smallest absolute Gasteiger partial charge is 0.0596 e. The Labute approximate surface area is 111 Å². The lowest BCUT2D eigenvalue weighted by atomic mass is 9.93. The number of nitrogens with zero attached hydrogens (tertiary/aromatic N) is 2. The summed E-state index contributed by atoms with van der Waals surface area (Å²) in [6.07, 6.45) is 8.04. The van der Waals surface area contributed by atoms with E-state index in [0.29, 0.717) is 0 Å². The third kappa shape index (κ3) is 3.58. The minimum Gasteiger partial charge on any atom is -0.314 e. The fourth-order valence-electron chi connectivity index (χ4n) is 3.27. The van der Waals surface area contributed by atoms with Gasteiger partial charge in [0.05, 0.1) is 5.69 Å². The van der Waals surface area contributed by atoms with Gasteiger partial charge >= 0.3 is 0 Å². The number of hydrogen-bond donors (Lipinski definition) is 1. The predicted molar refractivity (Wildman–Crippen MR) is 75.7 cm³/mol. The molecule has 1 aromatic heterocycles. The van der Waals surface area contributed by atoms with Crippen LogP contribution in [0, 0.1) is 12.8 Å². The van der Waals surface area contributed by atoms with E-state index < -0.39 is 0 Å². The van der Waals surface area contributed by atoms with Crippen molar-refractivity contribution in [1.82, 2.24) is 15.1 Å². The van der Waals surface area contributed by atoms with Crippen molar-refractivity contribution >= 4 is 0 Å². The number of aryl methyl sites for hydroxylation is 2. The zero-order valence-electron chi connectivity index (χ0n) is 12.1. The molecule has 3 heteroatoms. The summed E-state index contributed by atoms with van der Waals surface area (Å²) in [7, 11) is 2.07. The van der Waals surface area contributed by atoms with Gasteiger partial charge in [0.2, 0.25) is 0 Å². The van der Waals surface area contributed by atoms with Gasteiger partial charge in [0, 0.05) is 18.8 Å². The largest absolute Gasteiger partial charge is 0.314 e.